The fraction of sp³-hybridized carbons (Fsp3) is 0.200. The number of hydrogen-bond acceptors (Lipinski definition) is 5. The molecule has 5 nitrogen and oxygen atoms in total. The highest BCUT2D eigenvalue weighted by atomic mass is 16.5. The summed E-state index contributed by atoms with van der Waals surface area (Å²) in [4.78, 5) is 12.9. The molecule has 1 aliphatic carbocycles. The molecule has 2 N–H and O–H groups in total. The fourth-order valence-electron chi connectivity index (χ4n) is 3.61. The number of hydrogen-bond donors (Lipinski definition) is 1. The number of ketones is 1. The van der Waals surface area contributed by atoms with Crippen LogP contribution in [0.15, 0.2) is 75.9 Å². The zero-order valence-corrected chi connectivity index (χ0v) is 13.4. The second kappa shape index (κ2) is 5.99. The van der Waals surface area contributed by atoms with E-state index in [4.69, 9.17) is 14.9 Å². The van der Waals surface area contributed by atoms with Crippen LogP contribution in [0.3, 0.4) is 0 Å². The van der Waals surface area contributed by atoms with E-state index in [-0.39, 0.29) is 23.2 Å². The molecule has 124 valence electrons. The number of nitrogens with two attached hydrogens (primary N) is 1. The molecule has 0 spiro atoms. The zero-order valence-electron chi connectivity index (χ0n) is 13.4. The van der Waals surface area contributed by atoms with Gasteiger partial charge in [-0.05, 0) is 17.7 Å². The number of allylic oxidation sites excluding steroid dienone is 3. The summed E-state index contributed by atoms with van der Waals surface area (Å²) in [7, 11) is 0. The largest absolute Gasteiger partial charge is 0.469 e. The summed E-state index contributed by atoms with van der Waals surface area (Å²) in [5.74, 6) is 0.797. The minimum Gasteiger partial charge on any atom is -0.469 e. The molecule has 2 aromatic rings. The van der Waals surface area contributed by atoms with Crippen molar-refractivity contribution in [1.29, 1.82) is 5.26 Å². The second-order valence-electron chi connectivity index (χ2n) is 6.22. The number of carbonyl (C=O) groups excluding carboxylic acids is 1. The van der Waals surface area contributed by atoms with E-state index in [1.54, 1.807) is 12.3 Å². The quantitative estimate of drug-likeness (QED) is 0.909. The van der Waals surface area contributed by atoms with E-state index in [1.807, 2.05) is 36.4 Å². The Morgan fingerprint density at radius 3 is 2.60 bits per heavy atom. The summed E-state index contributed by atoms with van der Waals surface area (Å²) in [6.45, 7) is 0. The van der Waals surface area contributed by atoms with Crippen LogP contribution in [0.5, 0.6) is 0 Å². The maximum Gasteiger partial charge on any atom is 0.205 e. The van der Waals surface area contributed by atoms with E-state index in [1.165, 1.54) is 0 Å². The third-order valence-corrected chi connectivity index (χ3v) is 4.74. The van der Waals surface area contributed by atoms with Crippen LogP contribution < -0.4 is 5.73 Å². The van der Waals surface area contributed by atoms with Gasteiger partial charge in [0.05, 0.1) is 12.2 Å². The molecule has 1 aromatic heterocycles. The van der Waals surface area contributed by atoms with Gasteiger partial charge in [0.15, 0.2) is 5.78 Å². The minimum atomic E-state index is -0.472. The van der Waals surface area contributed by atoms with Crippen LogP contribution >= 0.6 is 0 Å². The number of nitrogens with zero attached hydrogens (tertiary/aromatic N) is 1. The molecule has 1 aromatic carbocycles. The Kier molecular flexibility index (Phi) is 3.66. The smallest absolute Gasteiger partial charge is 0.205 e. The Labute approximate surface area is 145 Å². The van der Waals surface area contributed by atoms with Crippen molar-refractivity contribution in [1.82, 2.24) is 0 Å². The molecule has 0 saturated heterocycles. The molecule has 2 heterocycles. The average molecular weight is 332 g/mol. The van der Waals surface area contributed by atoms with Crippen LogP contribution in [0.4, 0.5) is 0 Å². The van der Waals surface area contributed by atoms with E-state index < -0.39 is 5.92 Å². The van der Waals surface area contributed by atoms with Gasteiger partial charge in [-0.3, -0.25) is 4.79 Å². The zero-order chi connectivity index (χ0) is 17.4. The standard InChI is InChI=1S/C20H16N2O3/c21-11-14-18(12-5-2-1-3-6-12)19-15(23)9-13(16-7-4-8-24-16)10-17(19)25-20(14)22/h1-8,13,18H,9-10,22H2/t13-,18-/m1/s1. The van der Waals surface area contributed by atoms with Crippen LogP contribution in [-0.2, 0) is 9.53 Å². The molecule has 1 aliphatic heterocycles. The first-order valence-electron chi connectivity index (χ1n) is 8.11. The van der Waals surface area contributed by atoms with Gasteiger partial charge in [0.25, 0.3) is 0 Å². The van der Waals surface area contributed by atoms with Crippen molar-refractivity contribution in [2.24, 2.45) is 5.73 Å². The Morgan fingerprint density at radius 1 is 1.12 bits per heavy atom. The Hall–Kier alpha value is -3.26. The van der Waals surface area contributed by atoms with Gasteiger partial charge in [0.2, 0.25) is 5.88 Å². The number of benzene rings is 1. The van der Waals surface area contributed by atoms with Crippen molar-refractivity contribution in [3.63, 3.8) is 0 Å². The van der Waals surface area contributed by atoms with E-state index in [2.05, 4.69) is 6.07 Å². The van der Waals surface area contributed by atoms with Gasteiger partial charge in [-0.2, -0.15) is 5.26 Å². The molecule has 0 radical (unpaired) electrons. The predicted molar refractivity (Wildman–Crippen MR) is 89.8 cm³/mol. The Bertz CT molecular complexity index is 918. The topological polar surface area (TPSA) is 89.3 Å². The van der Waals surface area contributed by atoms with Gasteiger partial charge in [0.1, 0.15) is 23.2 Å². The van der Waals surface area contributed by atoms with Crippen LogP contribution in [0.1, 0.15) is 36.0 Å². The highest BCUT2D eigenvalue weighted by Gasteiger charge is 2.41. The lowest BCUT2D eigenvalue weighted by atomic mass is 9.74. The minimum absolute atomic E-state index is 0.0308. The molecule has 5 heteroatoms. The van der Waals surface area contributed by atoms with Gasteiger partial charge < -0.3 is 14.9 Å². The van der Waals surface area contributed by atoms with Gasteiger partial charge in [0, 0.05) is 24.3 Å². The van der Waals surface area contributed by atoms with Crippen molar-refractivity contribution in [2.75, 3.05) is 0 Å². The number of rotatable bonds is 2. The molecule has 0 unspecified atom stereocenters. The summed E-state index contributed by atoms with van der Waals surface area (Å²) in [5, 5.41) is 9.56. The summed E-state index contributed by atoms with van der Waals surface area (Å²) in [6, 6.07) is 15.3. The van der Waals surface area contributed by atoms with E-state index >= 15 is 0 Å². The normalized spacial score (nSPS) is 23.1. The van der Waals surface area contributed by atoms with Crippen LogP contribution in [0, 0.1) is 11.3 Å². The maximum atomic E-state index is 12.9. The third-order valence-electron chi connectivity index (χ3n) is 4.74. The monoisotopic (exact) mass is 332 g/mol. The van der Waals surface area contributed by atoms with Gasteiger partial charge in [-0.1, -0.05) is 30.3 Å². The second-order valence-corrected chi connectivity index (χ2v) is 6.22. The summed E-state index contributed by atoms with van der Waals surface area (Å²) in [5.41, 5.74) is 7.69. The average Bonchev–Trinajstić information content (AvgIpc) is 3.16. The molecule has 0 fully saturated rings. The van der Waals surface area contributed by atoms with Crippen molar-refractivity contribution in [2.45, 2.75) is 24.7 Å². The number of carbonyl (C=O) groups is 1. The SMILES string of the molecule is N#CC1=C(N)OC2=C(C(=O)C[C@@H](c3ccco3)C2)[C@@H]1c1ccccc1. The van der Waals surface area contributed by atoms with Crippen LogP contribution in [0.2, 0.25) is 0 Å². The third kappa shape index (κ3) is 2.52. The highest BCUT2D eigenvalue weighted by molar-refractivity contribution is 6.00. The number of furan rings is 1. The molecule has 2 atom stereocenters. The lowest BCUT2D eigenvalue weighted by Gasteiger charge is -2.33. The lowest BCUT2D eigenvalue weighted by molar-refractivity contribution is -0.117. The van der Waals surface area contributed by atoms with E-state index in [0.717, 1.165) is 11.3 Å². The van der Waals surface area contributed by atoms with Crippen molar-refractivity contribution < 1.29 is 13.9 Å². The number of Topliss-reactive ketones (excluding diaryl/α,β-unsaturated/α-hetero) is 1. The molecular formula is C20H16N2O3. The first kappa shape index (κ1) is 15.3. The van der Waals surface area contributed by atoms with Gasteiger partial charge >= 0.3 is 0 Å². The first-order chi connectivity index (χ1) is 12.2. The van der Waals surface area contributed by atoms with Crippen LogP contribution in [0.25, 0.3) is 0 Å². The molecule has 0 bridgehead atoms. The summed E-state index contributed by atoms with van der Waals surface area (Å²) >= 11 is 0. The molecule has 0 saturated carbocycles. The predicted octanol–water partition coefficient (Wildman–Crippen LogP) is 3.49. The molecule has 25 heavy (non-hydrogen) atoms. The van der Waals surface area contributed by atoms with Crippen molar-refractivity contribution in [3.05, 3.63) is 82.8 Å². The number of nitriles is 1. The van der Waals surface area contributed by atoms with E-state index in [0.29, 0.717) is 24.2 Å². The maximum absolute atomic E-state index is 12.9. The summed E-state index contributed by atoms with van der Waals surface area (Å²) < 4.78 is 11.2. The molecular weight excluding hydrogens is 316 g/mol. The number of ether oxygens (including phenoxy) is 1. The Balaban J connectivity index is 1.80. The van der Waals surface area contributed by atoms with Crippen LogP contribution in [-0.4, -0.2) is 5.78 Å². The van der Waals surface area contributed by atoms with Crippen molar-refractivity contribution in [3.8, 4) is 6.07 Å². The lowest BCUT2D eigenvalue weighted by Crippen LogP contribution is -2.29. The summed E-state index contributed by atoms with van der Waals surface area (Å²) in [6.07, 6.45) is 2.45. The first-order valence-corrected chi connectivity index (χ1v) is 8.11. The highest BCUT2D eigenvalue weighted by Crippen LogP contribution is 2.46. The van der Waals surface area contributed by atoms with Crippen molar-refractivity contribution >= 4 is 5.78 Å². The Morgan fingerprint density at radius 2 is 1.92 bits per heavy atom. The molecule has 0 amide bonds. The van der Waals surface area contributed by atoms with Gasteiger partial charge in [-0.25, -0.2) is 0 Å². The molecule has 4 rings (SSSR count). The van der Waals surface area contributed by atoms with Gasteiger partial charge in [-0.15, -0.1) is 0 Å². The van der Waals surface area contributed by atoms with E-state index in [9.17, 15) is 10.1 Å². The fourth-order valence-corrected chi connectivity index (χ4v) is 3.61. The molecule has 2 aliphatic rings.